The number of urea groups is 1. The van der Waals surface area contributed by atoms with Crippen LogP contribution in [-0.4, -0.2) is 73.0 Å². The van der Waals surface area contributed by atoms with E-state index in [2.05, 4.69) is 27.7 Å². The maximum atomic E-state index is 13.0. The predicted molar refractivity (Wildman–Crippen MR) is 119 cm³/mol. The number of rotatable bonds is 4. The average molecular weight is 422 g/mol. The van der Waals surface area contributed by atoms with Gasteiger partial charge in [0, 0.05) is 50.6 Å². The summed E-state index contributed by atoms with van der Waals surface area (Å²) in [5, 5.41) is 5.59. The van der Waals surface area contributed by atoms with Gasteiger partial charge in [-0.15, -0.1) is 0 Å². The van der Waals surface area contributed by atoms with Crippen LogP contribution in [0.15, 0.2) is 60.7 Å². The second-order valence-corrected chi connectivity index (χ2v) is 7.70. The van der Waals surface area contributed by atoms with Gasteiger partial charge in [-0.05, 0) is 24.3 Å². The van der Waals surface area contributed by atoms with Crippen LogP contribution in [0.1, 0.15) is 6.42 Å². The first kappa shape index (κ1) is 20.7. The second-order valence-electron chi connectivity index (χ2n) is 7.70. The summed E-state index contributed by atoms with van der Waals surface area (Å²) in [6.45, 7) is 3.41. The Morgan fingerprint density at radius 2 is 1.55 bits per heavy atom. The number of piperazine rings is 2. The van der Waals surface area contributed by atoms with E-state index in [0.29, 0.717) is 31.9 Å². The number of anilines is 2. The summed E-state index contributed by atoms with van der Waals surface area (Å²) in [6.07, 6.45) is -0.0145. The van der Waals surface area contributed by atoms with Crippen LogP contribution in [0, 0.1) is 0 Å². The Bertz CT molecular complexity index is 913. The molecule has 1 unspecified atom stereocenters. The van der Waals surface area contributed by atoms with Crippen molar-refractivity contribution in [3.05, 3.63) is 60.7 Å². The van der Waals surface area contributed by atoms with E-state index in [9.17, 15) is 14.4 Å². The summed E-state index contributed by atoms with van der Waals surface area (Å²) in [5.41, 5.74) is 1.80. The molecule has 0 aliphatic carbocycles. The Balaban J connectivity index is 1.36. The van der Waals surface area contributed by atoms with Gasteiger partial charge in [0.25, 0.3) is 0 Å². The van der Waals surface area contributed by atoms with Gasteiger partial charge in [-0.3, -0.25) is 9.59 Å². The van der Waals surface area contributed by atoms with Crippen LogP contribution in [-0.2, 0) is 9.59 Å². The lowest BCUT2D eigenvalue weighted by molar-refractivity contribution is -0.137. The quantitative estimate of drug-likeness (QED) is 0.788. The SMILES string of the molecule is O=C1NCCN(C(=O)Nc2ccccc2)C1CC(=O)N1CCN(c2ccccc2)CC1. The fourth-order valence-electron chi connectivity index (χ4n) is 4.02. The highest BCUT2D eigenvalue weighted by Crippen LogP contribution is 2.18. The monoisotopic (exact) mass is 421 g/mol. The molecule has 2 N–H and O–H groups in total. The molecule has 2 aromatic carbocycles. The van der Waals surface area contributed by atoms with Crippen molar-refractivity contribution < 1.29 is 14.4 Å². The van der Waals surface area contributed by atoms with Crippen molar-refractivity contribution in [2.24, 2.45) is 0 Å². The van der Waals surface area contributed by atoms with Crippen LogP contribution < -0.4 is 15.5 Å². The molecule has 31 heavy (non-hydrogen) atoms. The number of para-hydroxylation sites is 2. The van der Waals surface area contributed by atoms with E-state index in [4.69, 9.17) is 0 Å². The van der Waals surface area contributed by atoms with Crippen molar-refractivity contribution in [2.75, 3.05) is 49.5 Å². The summed E-state index contributed by atoms with van der Waals surface area (Å²) in [7, 11) is 0. The van der Waals surface area contributed by atoms with E-state index in [1.54, 1.807) is 17.0 Å². The number of hydrogen-bond donors (Lipinski definition) is 2. The Hall–Kier alpha value is -3.55. The third-order valence-electron chi connectivity index (χ3n) is 5.74. The normalized spacial score (nSPS) is 19.0. The van der Waals surface area contributed by atoms with Gasteiger partial charge in [-0.25, -0.2) is 4.79 Å². The van der Waals surface area contributed by atoms with E-state index in [1.807, 2.05) is 36.4 Å². The topological polar surface area (TPSA) is 85.0 Å². The number of carbonyl (C=O) groups is 3. The van der Waals surface area contributed by atoms with Crippen molar-refractivity contribution in [2.45, 2.75) is 12.5 Å². The third kappa shape index (κ3) is 4.96. The number of carbonyl (C=O) groups excluding carboxylic acids is 3. The van der Waals surface area contributed by atoms with E-state index in [0.717, 1.165) is 18.8 Å². The molecule has 2 saturated heterocycles. The van der Waals surface area contributed by atoms with E-state index >= 15 is 0 Å². The van der Waals surface area contributed by atoms with Crippen LogP contribution in [0.4, 0.5) is 16.2 Å². The molecule has 4 amide bonds. The molecular weight excluding hydrogens is 394 g/mol. The predicted octanol–water partition coefficient (Wildman–Crippen LogP) is 1.76. The lowest BCUT2D eigenvalue weighted by Crippen LogP contribution is -2.60. The summed E-state index contributed by atoms with van der Waals surface area (Å²) >= 11 is 0. The molecule has 2 aliphatic rings. The number of amides is 4. The largest absolute Gasteiger partial charge is 0.368 e. The molecule has 2 aliphatic heterocycles. The third-order valence-corrected chi connectivity index (χ3v) is 5.74. The highest BCUT2D eigenvalue weighted by molar-refractivity contribution is 5.96. The number of nitrogens with one attached hydrogen (secondary N) is 2. The Morgan fingerprint density at radius 1 is 0.903 bits per heavy atom. The van der Waals surface area contributed by atoms with E-state index in [-0.39, 0.29) is 24.3 Å². The van der Waals surface area contributed by atoms with Gasteiger partial charge >= 0.3 is 6.03 Å². The van der Waals surface area contributed by atoms with Crippen molar-refractivity contribution in [3.63, 3.8) is 0 Å². The fraction of sp³-hybridized carbons (Fsp3) is 0.348. The van der Waals surface area contributed by atoms with Gasteiger partial charge in [-0.2, -0.15) is 0 Å². The lowest BCUT2D eigenvalue weighted by Gasteiger charge is -2.38. The van der Waals surface area contributed by atoms with Crippen LogP contribution in [0.25, 0.3) is 0 Å². The maximum absolute atomic E-state index is 13.0. The smallest absolute Gasteiger partial charge is 0.322 e. The zero-order valence-corrected chi connectivity index (χ0v) is 17.4. The molecule has 1 atom stereocenters. The van der Waals surface area contributed by atoms with Crippen molar-refractivity contribution >= 4 is 29.2 Å². The molecule has 0 bridgehead atoms. The van der Waals surface area contributed by atoms with Crippen molar-refractivity contribution in [1.29, 1.82) is 0 Å². The van der Waals surface area contributed by atoms with E-state index in [1.165, 1.54) is 4.90 Å². The molecule has 162 valence electrons. The molecule has 0 aromatic heterocycles. The first-order valence-corrected chi connectivity index (χ1v) is 10.6. The molecule has 2 aromatic rings. The second kappa shape index (κ2) is 9.51. The Labute approximate surface area is 181 Å². The number of hydrogen-bond acceptors (Lipinski definition) is 4. The molecule has 4 rings (SSSR count). The standard InChI is InChI=1S/C23H27N5O3/c29-21(27-15-13-26(14-16-27)19-9-5-2-6-10-19)17-20-22(30)24-11-12-28(20)23(31)25-18-7-3-1-4-8-18/h1-10,20H,11-17H2,(H,24,30)(H,25,31). The Kier molecular flexibility index (Phi) is 6.35. The molecule has 2 heterocycles. The zero-order valence-electron chi connectivity index (χ0n) is 17.4. The van der Waals surface area contributed by atoms with E-state index < -0.39 is 6.04 Å². The summed E-state index contributed by atoms with van der Waals surface area (Å²) in [6, 6.07) is 18.0. The summed E-state index contributed by atoms with van der Waals surface area (Å²) in [4.78, 5) is 43.7. The van der Waals surface area contributed by atoms with Gasteiger partial charge in [0.1, 0.15) is 6.04 Å². The van der Waals surface area contributed by atoms with Crippen LogP contribution in [0.2, 0.25) is 0 Å². The minimum absolute atomic E-state index is 0.0145. The van der Waals surface area contributed by atoms with Gasteiger partial charge in [0.05, 0.1) is 6.42 Å². The number of benzene rings is 2. The fourth-order valence-corrected chi connectivity index (χ4v) is 4.02. The first-order valence-electron chi connectivity index (χ1n) is 10.6. The molecule has 0 spiro atoms. The van der Waals surface area contributed by atoms with Gasteiger partial charge < -0.3 is 25.3 Å². The van der Waals surface area contributed by atoms with Gasteiger partial charge in [0.15, 0.2) is 0 Å². The molecule has 2 fully saturated rings. The number of nitrogens with zero attached hydrogens (tertiary/aromatic N) is 3. The molecule has 0 radical (unpaired) electrons. The lowest BCUT2D eigenvalue weighted by atomic mass is 10.1. The minimum atomic E-state index is -0.808. The summed E-state index contributed by atoms with van der Waals surface area (Å²) < 4.78 is 0. The van der Waals surface area contributed by atoms with Crippen LogP contribution in [0.5, 0.6) is 0 Å². The average Bonchev–Trinajstić information content (AvgIpc) is 2.81. The van der Waals surface area contributed by atoms with Gasteiger partial charge in [0.2, 0.25) is 11.8 Å². The van der Waals surface area contributed by atoms with Crippen LogP contribution >= 0.6 is 0 Å². The van der Waals surface area contributed by atoms with Crippen LogP contribution in [0.3, 0.4) is 0 Å². The van der Waals surface area contributed by atoms with Crippen molar-refractivity contribution in [3.8, 4) is 0 Å². The zero-order chi connectivity index (χ0) is 21.6. The highest BCUT2D eigenvalue weighted by Gasteiger charge is 2.36. The highest BCUT2D eigenvalue weighted by atomic mass is 16.2. The molecule has 8 heteroatoms. The molecule has 0 saturated carbocycles. The minimum Gasteiger partial charge on any atom is -0.368 e. The Morgan fingerprint density at radius 3 is 2.23 bits per heavy atom. The molecule has 8 nitrogen and oxygen atoms in total. The van der Waals surface area contributed by atoms with Gasteiger partial charge in [-0.1, -0.05) is 36.4 Å². The van der Waals surface area contributed by atoms with Crippen molar-refractivity contribution in [1.82, 2.24) is 15.1 Å². The summed E-state index contributed by atoms with van der Waals surface area (Å²) in [5.74, 6) is -0.391. The maximum Gasteiger partial charge on any atom is 0.322 e. The first-order chi connectivity index (χ1) is 15.1. The molecular formula is C23H27N5O3.